The van der Waals surface area contributed by atoms with Crippen molar-refractivity contribution in [3.05, 3.63) is 17.5 Å². The number of nitrogens with one attached hydrogen (secondary N) is 1. The first kappa shape index (κ1) is 26.4. The van der Waals surface area contributed by atoms with E-state index >= 15 is 0 Å². The molecule has 1 amide bonds. The maximum absolute atomic E-state index is 13.9. The standard InChI is InChI=1S/C28H43N5O5S/c1-31(8-9-32-10-12-37-13-11-32)23-4-6-33(7-5-23)39(35,36)28-17-20-14-22(15-21(18-28)26(20)28)29-27(34)24-16-25(38-30-24)19-2-3-19/h16,19-23,26H,2-15,17-18H2,1H3,(H,29,34)/t20-,21+,22-,26?,28?. The number of hydrogen-bond donors (Lipinski definition) is 1. The zero-order chi connectivity index (χ0) is 26.8. The van der Waals surface area contributed by atoms with Gasteiger partial charge in [-0.25, -0.2) is 12.7 Å². The molecule has 0 aromatic carbocycles. The van der Waals surface area contributed by atoms with Crippen molar-refractivity contribution in [3.63, 3.8) is 0 Å². The molecule has 4 aliphatic carbocycles. The number of nitrogens with zero attached hydrogens (tertiary/aromatic N) is 4. The van der Waals surface area contributed by atoms with E-state index in [1.807, 2.05) is 4.31 Å². The Morgan fingerprint density at radius 2 is 1.79 bits per heavy atom. The number of ether oxygens (including phenoxy) is 1. The lowest BCUT2D eigenvalue weighted by Gasteiger charge is -2.70. The van der Waals surface area contributed by atoms with Crippen molar-refractivity contribution in [3.8, 4) is 0 Å². The Kier molecular flexibility index (Phi) is 6.82. The number of hydrogen-bond acceptors (Lipinski definition) is 8. The van der Waals surface area contributed by atoms with E-state index in [1.54, 1.807) is 6.07 Å². The molecule has 0 spiro atoms. The first-order valence-corrected chi connectivity index (χ1v) is 16.6. The Labute approximate surface area is 231 Å². The number of likely N-dealkylation sites (N-methyl/N-ethyl adjacent to an activating group) is 1. The van der Waals surface area contributed by atoms with Crippen molar-refractivity contribution < 1.29 is 22.5 Å². The summed E-state index contributed by atoms with van der Waals surface area (Å²) in [7, 11) is -1.12. The second-order valence-corrected chi connectivity index (χ2v) is 15.4. The van der Waals surface area contributed by atoms with Crippen LogP contribution in [0, 0.1) is 17.8 Å². The van der Waals surface area contributed by atoms with Gasteiger partial charge < -0.3 is 19.5 Å². The Balaban J connectivity index is 0.897. The number of carbonyl (C=O) groups is 1. The molecule has 2 saturated heterocycles. The van der Waals surface area contributed by atoms with Gasteiger partial charge in [-0.3, -0.25) is 9.69 Å². The summed E-state index contributed by atoms with van der Waals surface area (Å²) in [5, 5.41) is 7.15. The third kappa shape index (κ3) is 4.66. The molecule has 6 aliphatic rings. The van der Waals surface area contributed by atoms with E-state index in [0.29, 0.717) is 42.6 Å². The molecule has 39 heavy (non-hydrogen) atoms. The summed E-state index contributed by atoms with van der Waals surface area (Å²) in [5.74, 6) is 2.13. The monoisotopic (exact) mass is 561 g/mol. The molecule has 6 fully saturated rings. The van der Waals surface area contributed by atoms with Crippen LogP contribution in [0.1, 0.15) is 73.5 Å². The second-order valence-electron chi connectivity index (χ2n) is 13.1. The van der Waals surface area contributed by atoms with Crippen LogP contribution in [0.5, 0.6) is 0 Å². The lowest BCUT2D eigenvalue weighted by atomic mass is 9.42. The summed E-state index contributed by atoms with van der Waals surface area (Å²) in [5.41, 5.74) is 0.369. The highest BCUT2D eigenvalue weighted by Gasteiger charge is 2.73. The molecule has 2 unspecified atom stereocenters. The molecule has 4 saturated carbocycles. The number of piperidine rings is 1. The molecule has 1 aromatic heterocycles. The largest absolute Gasteiger partial charge is 0.379 e. The average Bonchev–Trinajstić information content (AvgIpc) is 3.65. The third-order valence-electron chi connectivity index (χ3n) is 10.9. The SMILES string of the molecule is CN(CCN1CCOCC1)C1CCN(S(=O)(=O)C23C[C@H]4C[C@@H](NC(=O)c5cc(C6CC6)on5)C[C@@H](C2)C43)CC1. The minimum atomic E-state index is -3.31. The molecule has 5 atom stereocenters. The van der Waals surface area contributed by atoms with E-state index < -0.39 is 14.8 Å². The summed E-state index contributed by atoms with van der Waals surface area (Å²) < 4.78 is 39.9. The lowest BCUT2D eigenvalue weighted by molar-refractivity contribution is -0.108. The van der Waals surface area contributed by atoms with Crippen LogP contribution in [0.15, 0.2) is 10.6 Å². The predicted octanol–water partition coefficient (Wildman–Crippen LogP) is 1.90. The molecule has 3 heterocycles. The third-order valence-corrected chi connectivity index (χ3v) is 13.5. The van der Waals surface area contributed by atoms with Crippen LogP contribution >= 0.6 is 0 Å². The van der Waals surface area contributed by atoms with Crippen molar-refractivity contribution in [2.45, 2.75) is 74.1 Å². The zero-order valence-corrected chi connectivity index (χ0v) is 23.9. The van der Waals surface area contributed by atoms with Gasteiger partial charge in [-0.1, -0.05) is 5.16 Å². The Bertz CT molecular complexity index is 1150. The highest BCUT2D eigenvalue weighted by Crippen LogP contribution is 2.69. The van der Waals surface area contributed by atoms with Crippen molar-refractivity contribution >= 4 is 15.9 Å². The van der Waals surface area contributed by atoms with Gasteiger partial charge in [-0.2, -0.15) is 0 Å². The molecular weight excluding hydrogens is 518 g/mol. The lowest BCUT2D eigenvalue weighted by Crippen LogP contribution is -2.75. The van der Waals surface area contributed by atoms with Crippen molar-refractivity contribution in [1.29, 1.82) is 0 Å². The molecule has 0 bridgehead atoms. The summed E-state index contributed by atoms with van der Waals surface area (Å²) in [6.07, 6.45) is 7.27. The number of amides is 1. The Morgan fingerprint density at radius 1 is 1.10 bits per heavy atom. The normalized spacial score (nSPS) is 35.7. The smallest absolute Gasteiger partial charge is 0.273 e. The maximum atomic E-state index is 13.9. The van der Waals surface area contributed by atoms with Gasteiger partial charge in [0, 0.05) is 63.3 Å². The highest BCUT2D eigenvalue weighted by molar-refractivity contribution is 7.90. The average molecular weight is 562 g/mol. The van der Waals surface area contributed by atoms with Crippen LogP contribution in [-0.2, 0) is 14.8 Å². The zero-order valence-electron chi connectivity index (χ0n) is 23.1. The van der Waals surface area contributed by atoms with Crippen LogP contribution < -0.4 is 5.32 Å². The van der Waals surface area contributed by atoms with E-state index in [1.165, 1.54) is 0 Å². The van der Waals surface area contributed by atoms with E-state index in [-0.39, 0.29) is 17.9 Å². The first-order valence-electron chi connectivity index (χ1n) is 15.1. The quantitative estimate of drug-likeness (QED) is 0.487. The number of aromatic nitrogens is 1. The summed E-state index contributed by atoms with van der Waals surface area (Å²) >= 11 is 0. The van der Waals surface area contributed by atoms with Crippen LogP contribution in [-0.4, -0.2) is 110 Å². The van der Waals surface area contributed by atoms with E-state index in [9.17, 15) is 13.2 Å². The predicted molar refractivity (Wildman–Crippen MR) is 145 cm³/mol. The number of rotatable bonds is 9. The molecule has 1 N–H and O–H groups in total. The van der Waals surface area contributed by atoms with Gasteiger partial charge >= 0.3 is 0 Å². The van der Waals surface area contributed by atoms with Crippen LogP contribution in [0.3, 0.4) is 0 Å². The summed E-state index contributed by atoms with van der Waals surface area (Å²) in [6.45, 7) is 7.00. The molecule has 11 heteroatoms. The second kappa shape index (κ2) is 10.1. The van der Waals surface area contributed by atoms with Gasteiger partial charge in [0.25, 0.3) is 5.91 Å². The molecular formula is C28H43N5O5S. The van der Waals surface area contributed by atoms with Gasteiger partial charge in [0.05, 0.1) is 18.0 Å². The fourth-order valence-electron chi connectivity index (χ4n) is 8.51. The Morgan fingerprint density at radius 3 is 2.46 bits per heavy atom. The van der Waals surface area contributed by atoms with Crippen LogP contribution in [0.2, 0.25) is 0 Å². The minimum absolute atomic E-state index is 0.0922. The molecule has 10 nitrogen and oxygen atoms in total. The van der Waals surface area contributed by atoms with Gasteiger partial charge in [-0.05, 0) is 76.2 Å². The first-order chi connectivity index (χ1) is 18.8. The number of carbonyl (C=O) groups excluding carboxylic acids is 1. The maximum Gasteiger partial charge on any atom is 0.273 e. The summed E-state index contributed by atoms with van der Waals surface area (Å²) in [4.78, 5) is 17.7. The van der Waals surface area contributed by atoms with Gasteiger partial charge in [0.2, 0.25) is 10.0 Å². The van der Waals surface area contributed by atoms with Gasteiger partial charge in [0.15, 0.2) is 5.69 Å². The Hall–Kier alpha value is -1.53. The van der Waals surface area contributed by atoms with Crippen molar-refractivity contribution in [2.24, 2.45) is 17.8 Å². The molecule has 2 aliphatic heterocycles. The topological polar surface area (TPSA) is 108 Å². The van der Waals surface area contributed by atoms with Gasteiger partial charge in [0.1, 0.15) is 5.76 Å². The van der Waals surface area contributed by atoms with Crippen LogP contribution in [0.25, 0.3) is 0 Å². The van der Waals surface area contributed by atoms with Crippen molar-refractivity contribution in [2.75, 3.05) is 59.5 Å². The molecule has 1 aromatic rings. The van der Waals surface area contributed by atoms with E-state index in [2.05, 4.69) is 27.3 Å². The fraction of sp³-hybridized carbons (Fsp3) is 0.857. The summed E-state index contributed by atoms with van der Waals surface area (Å²) in [6, 6.07) is 2.32. The molecule has 7 rings (SSSR count). The van der Waals surface area contributed by atoms with E-state index in [0.717, 1.165) is 96.5 Å². The van der Waals surface area contributed by atoms with Gasteiger partial charge in [-0.15, -0.1) is 0 Å². The minimum Gasteiger partial charge on any atom is -0.379 e. The number of sulfonamides is 1. The molecule has 216 valence electrons. The molecule has 0 radical (unpaired) electrons. The van der Waals surface area contributed by atoms with Crippen molar-refractivity contribution in [1.82, 2.24) is 24.6 Å². The number of morpholine rings is 1. The van der Waals surface area contributed by atoms with E-state index in [4.69, 9.17) is 9.26 Å². The van der Waals surface area contributed by atoms with Crippen LogP contribution in [0.4, 0.5) is 0 Å². The highest BCUT2D eigenvalue weighted by atomic mass is 32.2. The fourth-order valence-corrected chi connectivity index (χ4v) is 11.3.